The normalized spacial score (nSPS) is 12.8. The van der Waals surface area contributed by atoms with Crippen LogP contribution in [-0.2, 0) is 6.54 Å². The number of nitrogens with zero attached hydrogens (tertiary/aromatic N) is 1. The summed E-state index contributed by atoms with van der Waals surface area (Å²) in [6.07, 6.45) is 2.83. The smallest absolute Gasteiger partial charge is 0.117 e. The predicted molar refractivity (Wildman–Crippen MR) is 87.3 cm³/mol. The lowest BCUT2D eigenvalue weighted by Crippen LogP contribution is -2.28. The van der Waals surface area contributed by atoms with Crippen molar-refractivity contribution in [2.45, 2.75) is 32.9 Å². The van der Waals surface area contributed by atoms with Gasteiger partial charge in [0, 0.05) is 12.6 Å². The Morgan fingerprint density at radius 2 is 1.95 bits per heavy atom. The molecule has 0 aliphatic rings. The van der Waals surface area contributed by atoms with E-state index in [0.29, 0.717) is 6.04 Å². The van der Waals surface area contributed by atoms with Gasteiger partial charge in [-0.25, -0.2) is 0 Å². The lowest BCUT2D eigenvalue weighted by molar-refractivity contribution is 0.242. The highest BCUT2D eigenvalue weighted by Gasteiger charge is 2.12. The van der Waals surface area contributed by atoms with Gasteiger partial charge in [0.1, 0.15) is 5.76 Å². The number of hydrogen-bond acceptors (Lipinski definition) is 3. The van der Waals surface area contributed by atoms with Gasteiger partial charge in [-0.15, -0.1) is 0 Å². The van der Waals surface area contributed by atoms with Crippen LogP contribution in [0.15, 0.2) is 47.1 Å². The number of rotatable bonds is 8. The Kier molecular flexibility index (Phi) is 6.03. The van der Waals surface area contributed by atoms with Crippen LogP contribution in [0.3, 0.4) is 0 Å². The molecule has 114 valence electrons. The zero-order valence-electron chi connectivity index (χ0n) is 13.3. The number of nitrogens with one attached hydrogen (secondary N) is 1. The first-order chi connectivity index (χ1) is 10.2. The minimum absolute atomic E-state index is 0.399. The van der Waals surface area contributed by atoms with E-state index in [2.05, 4.69) is 48.3 Å². The monoisotopic (exact) mass is 286 g/mol. The second kappa shape index (κ2) is 8.01. The van der Waals surface area contributed by atoms with Gasteiger partial charge in [0.15, 0.2) is 0 Å². The highest BCUT2D eigenvalue weighted by Crippen LogP contribution is 2.18. The van der Waals surface area contributed by atoms with Gasteiger partial charge in [0.05, 0.1) is 12.8 Å². The molecule has 0 aliphatic heterocycles. The van der Waals surface area contributed by atoms with Crippen LogP contribution in [0.25, 0.3) is 0 Å². The van der Waals surface area contributed by atoms with E-state index in [1.807, 2.05) is 19.2 Å². The molecule has 1 heterocycles. The molecule has 0 radical (unpaired) electrons. The molecule has 0 saturated heterocycles. The molecule has 0 fully saturated rings. The van der Waals surface area contributed by atoms with Crippen LogP contribution in [0, 0.1) is 6.92 Å². The highest BCUT2D eigenvalue weighted by atomic mass is 16.3. The van der Waals surface area contributed by atoms with Crippen LogP contribution in [0.4, 0.5) is 0 Å². The SMILES string of the molecule is CCN(CCC(NC)c1ccc(C)cc1)Cc1ccco1. The van der Waals surface area contributed by atoms with Crippen LogP contribution in [0.5, 0.6) is 0 Å². The number of aryl methyl sites for hydroxylation is 1. The number of hydrogen-bond donors (Lipinski definition) is 1. The highest BCUT2D eigenvalue weighted by molar-refractivity contribution is 5.24. The van der Waals surface area contributed by atoms with Crippen molar-refractivity contribution in [2.75, 3.05) is 20.1 Å². The first kappa shape index (κ1) is 15.8. The summed E-state index contributed by atoms with van der Waals surface area (Å²) in [6.45, 7) is 7.29. The third-order valence-electron chi connectivity index (χ3n) is 3.97. The van der Waals surface area contributed by atoms with E-state index >= 15 is 0 Å². The van der Waals surface area contributed by atoms with E-state index in [1.165, 1.54) is 11.1 Å². The summed E-state index contributed by atoms with van der Waals surface area (Å²) in [5.74, 6) is 1.04. The molecule has 3 heteroatoms. The van der Waals surface area contributed by atoms with Crippen molar-refractivity contribution in [1.82, 2.24) is 10.2 Å². The number of furan rings is 1. The summed E-state index contributed by atoms with van der Waals surface area (Å²) in [5, 5.41) is 3.43. The fourth-order valence-corrected chi connectivity index (χ4v) is 2.56. The second-order valence-electron chi connectivity index (χ2n) is 5.49. The third kappa shape index (κ3) is 4.73. The summed E-state index contributed by atoms with van der Waals surface area (Å²) < 4.78 is 5.44. The largest absolute Gasteiger partial charge is 0.468 e. The lowest BCUT2D eigenvalue weighted by atomic mass is 10.0. The van der Waals surface area contributed by atoms with Crippen molar-refractivity contribution in [1.29, 1.82) is 0 Å². The summed E-state index contributed by atoms with van der Waals surface area (Å²) in [6, 6.07) is 13.2. The first-order valence-corrected chi connectivity index (χ1v) is 7.71. The molecule has 1 aromatic carbocycles. The van der Waals surface area contributed by atoms with Crippen LogP contribution < -0.4 is 5.32 Å². The first-order valence-electron chi connectivity index (χ1n) is 7.71. The molecular weight excluding hydrogens is 260 g/mol. The molecule has 0 saturated carbocycles. The molecule has 0 spiro atoms. The van der Waals surface area contributed by atoms with Crippen LogP contribution in [-0.4, -0.2) is 25.0 Å². The molecular formula is C18H26N2O. The average Bonchev–Trinajstić information content (AvgIpc) is 3.01. The van der Waals surface area contributed by atoms with Gasteiger partial charge in [0.2, 0.25) is 0 Å². The fourth-order valence-electron chi connectivity index (χ4n) is 2.56. The molecule has 3 nitrogen and oxygen atoms in total. The summed E-state index contributed by atoms with van der Waals surface area (Å²) >= 11 is 0. The van der Waals surface area contributed by atoms with E-state index < -0.39 is 0 Å². The molecule has 0 amide bonds. The average molecular weight is 286 g/mol. The molecule has 21 heavy (non-hydrogen) atoms. The Balaban J connectivity index is 1.90. The minimum Gasteiger partial charge on any atom is -0.468 e. The zero-order chi connectivity index (χ0) is 15.1. The summed E-state index contributed by atoms with van der Waals surface area (Å²) in [5.41, 5.74) is 2.67. The van der Waals surface area contributed by atoms with E-state index in [4.69, 9.17) is 4.42 Å². The maximum atomic E-state index is 5.44. The quantitative estimate of drug-likeness (QED) is 0.801. The second-order valence-corrected chi connectivity index (χ2v) is 5.49. The zero-order valence-corrected chi connectivity index (χ0v) is 13.3. The Hall–Kier alpha value is -1.58. The standard InChI is InChI=1S/C18H26N2O/c1-4-20(14-17-6-5-13-21-17)12-11-18(19-3)16-9-7-15(2)8-10-16/h5-10,13,18-19H,4,11-12,14H2,1-3H3. The van der Waals surface area contributed by atoms with E-state index in [0.717, 1.165) is 31.8 Å². The Morgan fingerprint density at radius 1 is 1.19 bits per heavy atom. The van der Waals surface area contributed by atoms with Crippen molar-refractivity contribution >= 4 is 0 Å². The maximum absolute atomic E-state index is 5.44. The van der Waals surface area contributed by atoms with Gasteiger partial charge in [-0.05, 0) is 44.6 Å². The van der Waals surface area contributed by atoms with Gasteiger partial charge >= 0.3 is 0 Å². The summed E-state index contributed by atoms with van der Waals surface area (Å²) in [4.78, 5) is 2.41. The van der Waals surface area contributed by atoms with E-state index in [1.54, 1.807) is 6.26 Å². The predicted octanol–water partition coefficient (Wildman–Crippen LogP) is 3.76. The van der Waals surface area contributed by atoms with Crippen molar-refractivity contribution in [2.24, 2.45) is 0 Å². The van der Waals surface area contributed by atoms with Gasteiger partial charge in [-0.1, -0.05) is 36.8 Å². The molecule has 0 bridgehead atoms. The van der Waals surface area contributed by atoms with Crippen LogP contribution >= 0.6 is 0 Å². The Labute approximate surface area is 128 Å². The topological polar surface area (TPSA) is 28.4 Å². The molecule has 0 aliphatic carbocycles. The van der Waals surface area contributed by atoms with Crippen molar-refractivity contribution in [3.8, 4) is 0 Å². The van der Waals surface area contributed by atoms with Gasteiger partial charge < -0.3 is 9.73 Å². The molecule has 1 unspecified atom stereocenters. The Morgan fingerprint density at radius 3 is 2.52 bits per heavy atom. The number of benzene rings is 1. The van der Waals surface area contributed by atoms with Crippen LogP contribution in [0.2, 0.25) is 0 Å². The molecule has 1 atom stereocenters. The van der Waals surface area contributed by atoms with Gasteiger partial charge in [-0.3, -0.25) is 4.90 Å². The molecule has 1 N–H and O–H groups in total. The van der Waals surface area contributed by atoms with Gasteiger partial charge in [-0.2, -0.15) is 0 Å². The maximum Gasteiger partial charge on any atom is 0.117 e. The summed E-state index contributed by atoms with van der Waals surface area (Å²) in [7, 11) is 2.04. The van der Waals surface area contributed by atoms with Crippen molar-refractivity contribution < 1.29 is 4.42 Å². The van der Waals surface area contributed by atoms with Crippen molar-refractivity contribution in [3.05, 3.63) is 59.5 Å². The minimum atomic E-state index is 0.399. The van der Waals surface area contributed by atoms with E-state index in [-0.39, 0.29) is 0 Å². The molecule has 1 aromatic heterocycles. The Bertz CT molecular complexity index is 505. The van der Waals surface area contributed by atoms with Crippen molar-refractivity contribution in [3.63, 3.8) is 0 Å². The lowest BCUT2D eigenvalue weighted by Gasteiger charge is -2.23. The fraction of sp³-hybridized carbons (Fsp3) is 0.444. The third-order valence-corrected chi connectivity index (χ3v) is 3.97. The van der Waals surface area contributed by atoms with Crippen LogP contribution in [0.1, 0.15) is 36.3 Å². The van der Waals surface area contributed by atoms with Gasteiger partial charge in [0.25, 0.3) is 0 Å². The molecule has 2 aromatic rings. The van der Waals surface area contributed by atoms with E-state index in [9.17, 15) is 0 Å². The molecule has 2 rings (SSSR count).